The molecule has 0 bridgehead atoms. The molecule has 1 fully saturated rings. The van der Waals surface area contributed by atoms with E-state index in [1.165, 1.54) is 5.69 Å². The number of ether oxygens (including phenoxy) is 1. The largest absolute Gasteiger partial charge is 0.378 e. The summed E-state index contributed by atoms with van der Waals surface area (Å²) in [7, 11) is 2.03. The van der Waals surface area contributed by atoms with E-state index in [9.17, 15) is 0 Å². The van der Waals surface area contributed by atoms with Gasteiger partial charge in [0.15, 0.2) is 0 Å². The summed E-state index contributed by atoms with van der Waals surface area (Å²) in [6.45, 7) is 8.35. The number of hydrogen-bond donors (Lipinski definition) is 1. The summed E-state index contributed by atoms with van der Waals surface area (Å²) in [5.74, 6) is 0.596. The highest BCUT2D eigenvalue weighted by Gasteiger charge is 2.30. The molecule has 3 unspecified atom stereocenters. The third-order valence-electron chi connectivity index (χ3n) is 4.13. The lowest BCUT2D eigenvalue weighted by Gasteiger charge is -2.24. The summed E-state index contributed by atoms with van der Waals surface area (Å²) in [5, 5.41) is 8.20. The summed E-state index contributed by atoms with van der Waals surface area (Å²) in [6, 6.07) is 0.464. The lowest BCUT2D eigenvalue weighted by molar-refractivity contribution is 0.116. The molecule has 1 N–H and O–H groups in total. The molecule has 1 aromatic heterocycles. The van der Waals surface area contributed by atoms with Gasteiger partial charge >= 0.3 is 0 Å². The first-order valence-electron chi connectivity index (χ1n) is 7.55. The minimum Gasteiger partial charge on any atom is -0.378 e. The predicted molar refractivity (Wildman–Crippen MR) is 85.0 cm³/mol. The molecule has 0 saturated carbocycles. The Bertz CT molecular complexity index is 447. The van der Waals surface area contributed by atoms with E-state index < -0.39 is 0 Å². The zero-order chi connectivity index (χ0) is 14.7. The average molecular weight is 344 g/mol. The van der Waals surface area contributed by atoms with Gasteiger partial charge in [0.1, 0.15) is 0 Å². The Hall–Kier alpha value is -0.390. The molecular formula is C15H26BrN3O. The molecule has 1 aliphatic rings. The van der Waals surface area contributed by atoms with Crippen molar-refractivity contribution in [2.75, 3.05) is 13.2 Å². The van der Waals surface area contributed by atoms with Crippen LogP contribution in [0.3, 0.4) is 0 Å². The zero-order valence-electron chi connectivity index (χ0n) is 12.9. The lowest BCUT2D eigenvalue weighted by Crippen LogP contribution is -2.39. The molecule has 1 saturated heterocycles. The fraction of sp³-hybridized carbons (Fsp3) is 0.800. The van der Waals surface area contributed by atoms with E-state index in [4.69, 9.17) is 4.74 Å². The van der Waals surface area contributed by atoms with Gasteiger partial charge in [0.25, 0.3) is 0 Å². The Morgan fingerprint density at radius 3 is 2.80 bits per heavy atom. The molecule has 0 spiro atoms. The van der Waals surface area contributed by atoms with E-state index in [0.717, 1.165) is 42.6 Å². The normalized spacial score (nSPS) is 24.2. The summed E-state index contributed by atoms with van der Waals surface area (Å²) in [5.41, 5.74) is 2.34. The number of nitrogens with one attached hydrogen (secondary N) is 1. The molecule has 3 atom stereocenters. The Morgan fingerprint density at radius 1 is 1.55 bits per heavy atom. The lowest BCUT2D eigenvalue weighted by atomic mass is 9.93. The molecule has 2 heterocycles. The number of halogens is 1. The van der Waals surface area contributed by atoms with Gasteiger partial charge in [0.2, 0.25) is 0 Å². The summed E-state index contributed by atoms with van der Waals surface area (Å²) in [6.07, 6.45) is 3.70. The molecule has 5 heteroatoms. The van der Waals surface area contributed by atoms with E-state index in [0.29, 0.717) is 18.1 Å². The van der Waals surface area contributed by atoms with E-state index >= 15 is 0 Å². The average Bonchev–Trinajstić information content (AvgIpc) is 2.93. The van der Waals surface area contributed by atoms with Crippen molar-refractivity contribution in [3.63, 3.8) is 0 Å². The maximum Gasteiger partial charge on any atom is 0.0738 e. The molecule has 0 aromatic carbocycles. The molecule has 20 heavy (non-hydrogen) atoms. The third-order valence-corrected chi connectivity index (χ3v) is 5.16. The molecule has 114 valence electrons. The van der Waals surface area contributed by atoms with E-state index in [1.54, 1.807) is 0 Å². The second kappa shape index (κ2) is 7.05. The second-order valence-electron chi connectivity index (χ2n) is 5.87. The number of aromatic nitrogens is 2. The van der Waals surface area contributed by atoms with Crippen molar-refractivity contribution in [2.45, 2.75) is 52.2 Å². The fourth-order valence-corrected chi connectivity index (χ4v) is 3.47. The van der Waals surface area contributed by atoms with Crippen LogP contribution in [-0.4, -0.2) is 35.1 Å². The molecular weight excluding hydrogens is 318 g/mol. The van der Waals surface area contributed by atoms with Crippen LogP contribution in [0.15, 0.2) is 4.47 Å². The van der Waals surface area contributed by atoms with Gasteiger partial charge in [0, 0.05) is 25.4 Å². The van der Waals surface area contributed by atoms with Gasteiger partial charge < -0.3 is 10.1 Å². The molecule has 0 amide bonds. The van der Waals surface area contributed by atoms with Gasteiger partial charge in [0.05, 0.1) is 28.6 Å². The number of nitrogens with zero attached hydrogens (tertiary/aromatic N) is 2. The topological polar surface area (TPSA) is 39.1 Å². The van der Waals surface area contributed by atoms with Crippen LogP contribution >= 0.6 is 15.9 Å². The van der Waals surface area contributed by atoms with Crippen molar-refractivity contribution in [2.24, 2.45) is 13.0 Å². The van der Waals surface area contributed by atoms with Gasteiger partial charge in [-0.3, -0.25) is 4.68 Å². The van der Waals surface area contributed by atoms with Crippen LogP contribution in [0.2, 0.25) is 0 Å². The van der Waals surface area contributed by atoms with E-state index in [2.05, 4.69) is 40.2 Å². The van der Waals surface area contributed by atoms with E-state index in [-0.39, 0.29) is 0 Å². The van der Waals surface area contributed by atoms with Crippen molar-refractivity contribution in [1.82, 2.24) is 15.1 Å². The highest BCUT2D eigenvalue weighted by atomic mass is 79.9. The molecule has 0 radical (unpaired) electrons. The maximum atomic E-state index is 5.76. The number of rotatable bonds is 6. The predicted octanol–water partition coefficient (Wildman–Crippen LogP) is 2.83. The van der Waals surface area contributed by atoms with Crippen LogP contribution in [0.25, 0.3) is 0 Å². The van der Waals surface area contributed by atoms with Crippen LogP contribution in [0.4, 0.5) is 0 Å². The standard InChI is InChI=1S/C15H26BrN3O/c1-5-6-17-13(12-7-10(2)20-9-12)8-14-15(16)11(3)18-19(14)4/h10,12-13,17H,5-9H2,1-4H3. The first-order chi connectivity index (χ1) is 9.52. The highest BCUT2D eigenvalue weighted by Crippen LogP contribution is 2.27. The molecule has 2 rings (SSSR count). The van der Waals surface area contributed by atoms with Crippen molar-refractivity contribution >= 4 is 15.9 Å². The van der Waals surface area contributed by atoms with Crippen LogP contribution in [0.1, 0.15) is 38.1 Å². The quantitative estimate of drug-likeness (QED) is 0.863. The second-order valence-corrected chi connectivity index (χ2v) is 6.67. The Kier molecular flexibility index (Phi) is 5.64. The minimum atomic E-state index is 0.391. The summed E-state index contributed by atoms with van der Waals surface area (Å²) >= 11 is 3.68. The van der Waals surface area contributed by atoms with Crippen LogP contribution in [0.5, 0.6) is 0 Å². The molecule has 4 nitrogen and oxygen atoms in total. The minimum absolute atomic E-state index is 0.391. The van der Waals surface area contributed by atoms with Gasteiger partial charge in [-0.05, 0) is 49.2 Å². The maximum absolute atomic E-state index is 5.76. The number of aryl methyl sites for hydroxylation is 2. The SMILES string of the molecule is CCCNC(Cc1c(Br)c(C)nn1C)C1COC(C)C1. The summed E-state index contributed by atoms with van der Waals surface area (Å²) in [4.78, 5) is 0. The van der Waals surface area contributed by atoms with Crippen molar-refractivity contribution < 1.29 is 4.74 Å². The number of hydrogen-bond acceptors (Lipinski definition) is 3. The first kappa shape index (κ1) is 16.0. The van der Waals surface area contributed by atoms with Gasteiger partial charge in [-0.15, -0.1) is 0 Å². The molecule has 1 aromatic rings. The Labute approximate surface area is 130 Å². The van der Waals surface area contributed by atoms with Crippen LogP contribution in [-0.2, 0) is 18.2 Å². The van der Waals surface area contributed by atoms with Crippen molar-refractivity contribution in [3.8, 4) is 0 Å². The van der Waals surface area contributed by atoms with Crippen LogP contribution in [0, 0.1) is 12.8 Å². The van der Waals surface area contributed by atoms with Crippen molar-refractivity contribution in [3.05, 3.63) is 15.9 Å². The fourth-order valence-electron chi connectivity index (χ4n) is 2.98. The van der Waals surface area contributed by atoms with Gasteiger partial charge in [-0.25, -0.2) is 0 Å². The van der Waals surface area contributed by atoms with E-state index in [1.807, 2.05) is 18.7 Å². The third kappa shape index (κ3) is 3.62. The first-order valence-corrected chi connectivity index (χ1v) is 8.35. The molecule has 0 aliphatic carbocycles. The zero-order valence-corrected chi connectivity index (χ0v) is 14.5. The Balaban J connectivity index is 2.10. The summed E-state index contributed by atoms with van der Waals surface area (Å²) < 4.78 is 8.90. The van der Waals surface area contributed by atoms with Crippen LogP contribution < -0.4 is 5.32 Å². The van der Waals surface area contributed by atoms with Gasteiger partial charge in [-0.1, -0.05) is 6.92 Å². The van der Waals surface area contributed by atoms with Gasteiger partial charge in [-0.2, -0.15) is 5.10 Å². The monoisotopic (exact) mass is 343 g/mol. The highest BCUT2D eigenvalue weighted by molar-refractivity contribution is 9.10. The van der Waals surface area contributed by atoms with Crippen molar-refractivity contribution in [1.29, 1.82) is 0 Å². The smallest absolute Gasteiger partial charge is 0.0738 e. The Morgan fingerprint density at radius 2 is 2.30 bits per heavy atom. The molecule has 1 aliphatic heterocycles.